The van der Waals surface area contributed by atoms with Gasteiger partial charge in [-0.1, -0.05) is 0 Å². The molecule has 0 fully saturated rings. The molecule has 1 heterocycles. The topological polar surface area (TPSA) is 24.9 Å². The van der Waals surface area contributed by atoms with E-state index in [4.69, 9.17) is 0 Å². The summed E-state index contributed by atoms with van der Waals surface area (Å²) in [5, 5.41) is 2.84. The van der Waals surface area contributed by atoms with Gasteiger partial charge in [0.15, 0.2) is 0 Å². The molecule has 0 unspecified atom stereocenters. The molecule has 1 aromatic heterocycles. The van der Waals surface area contributed by atoms with Gasteiger partial charge in [0.1, 0.15) is 11.6 Å². The summed E-state index contributed by atoms with van der Waals surface area (Å²) in [6.45, 7) is 1.98. The maximum absolute atomic E-state index is 13.4. The number of thiazole rings is 1. The van der Waals surface area contributed by atoms with E-state index in [0.29, 0.717) is 12.1 Å². The zero-order valence-electron chi connectivity index (χ0n) is 8.63. The van der Waals surface area contributed by atoms with E-state index < -0.39 is 11.6 Å². The molecule has 2 aromatic rings. The molecule has 0 radical (unpaired) electrons. The molecule has 84 valence electrons. The van der Waals surface area contributed by atoms with Crippen molar-refractivity contribution < 1.29 is 8.78 Å². The van der Waals surface area contributed by atoms with Gasteiger partial charge in [0, 0.05) is 17.1 Å². The number of anilines is 1. The highest BCUT2D eigenvalue weighted by Gasteiger charge is 2.07. The van der Waals surface area contributed by atoms with Crippen LogP contribution in [0.25, 0.3) is 0 Å². The predicted octanol–water partition coefficient (Wildman–Crippen LogP) is 3.34. The number of halogens is 2. The third kappa shape index (κ3) is 2.36. The van der Waals surface area contributed by atoms with Crippen LogP contribution in [0.5, 0.6) is 0 Å². The summed E-state index contributed by atoms with van der Waals surface area (Å²) in [4.78, 5) is 4.87. The van der Waals surface area contributed by atoms with Crippen LogP contribution in [0.1, 0.15) is 10.4 Å². The number of nitrogens with zero attached hydrogens (tertiary/aromatic N) is 1. The Bertz CT molecular complexity index is 483. The van der Waals surface area contributed by atoms with Gasteiger partial charge < -0.3 is 5.32 Å². The smallest absolute Gasteiger partial charge is 0.146 e. The molecule has 0 aliphatic heterocycles. The average molecular weight is 240 g/mol. The molecule has 5 heteroatoms. The van der Waals surface area contributed by atoms with Crippen LogP contribution in [0.15, 0.2) is 23.8 Å². The molecular weight excluding hydrogens is 230 g/mol. The Kier molecular flexibility index (Phi) is 3.14. The number of aromatic nitrogens is 1. The van der Waals surface area contributed by atoms with E-state index >= 15 is 0 Å². The highest BCUT2D eigenvalue weighted by molar-refractivity contribution is 7.09. The summed E-state index contributed by atoms with van der Waals surface area (Å²) < 4.78 is 26.6. The standard InChI is InChI=1S/C11H10F2N2S/c1-7-2-10(13)11(3-9(7)12)15-5-8-4-14-6-16-8/h2-4,6,15H,5H2,1H3. The SMILES string of the molecule is Cc1cc(F)c(NCc2cncs2)cc1F. The van der Waals surface area contributed by atoms with Gasteiger partial charge in [-0.3, -0.25) is 4.98 Å². The summed E-state index contributed by atoms with van der Waals surface area (Å²) in [6, 6.07) is 2.36. The lowest BCUT2D eigenvalue weighted by Crippen LogP contribution is -2.01. The van der Waals surface area contributed by atoms with Gasteiger partial charge >= 0.3 is 0 Å². The lowest BCUT2D eigenvalue weighted by molar-refractivity contribution is 0.594. The fourth-order valence-electron chi connectivity index (χ4n) is 1.29. The second-order valence-corrected chi connectivity index (χ2v) is 4.37. The number of rotatable bonds is 3. The predicted molar refractivity (Wildman–Crippen MR) is 60.5 cm³/mol. The van der Waals surface area contributed by atoms with Crippen LogP contribution in [0.3, 0.4) is 0 Å². The van der Waals surface area contributed by atoms with Crippen LogP contribution in [0.4, 0.5) is 14.5 Å². The van der Waals surface area contributed by atoms with E-state index in [9.17, 15) is 8.78 Å². The van der Waals surface area contributed by atoms with Gasteiger partial charge in [0.05, 0.1) is 17.7 Å². The maximum atomic E-state index is 13.4. The first kappa shape index (κ1) is 11.0. The molecule has 0 atom stereocenters. The first-order chi connectivity index (χ1) is 7.66. The molecule has 16 heavy (non-hydrogen) atoms. The van der Waals surface area contributed by atoms with Crippen molar-refractivity contribution in [3.8, 4) is 0 Å². The van der Waals surface area contributed by atoms with E-state index in [1.807, 2.05) is 0 Å². The lowest BCUT2D eigenvalue weighted by Gasteiger charge is -2.07. The summed E-state index contributed by atoms with van der Waals surface area (Å²) >= 11 is 1.47. The van der Waals surface area contributed by atoms with Gasteiger partial charge in [-0.15, -0.1) is 11.3 Å². The van der Waals surface area contributed by atoms with Crippen LogP contribution >= 0.6 is 11.3 Å². The number of benzene rings is 1. The Morgan fingerprint density at radius 2 is 2.12 bits per heavy atom. The quantitative estimate of drug-likeness (QED) is 0.890. The van der Waals surface area contributed by atoms with E-state index in [2.05, 4.69) is 10.3 Å². The summed E-state index contributed by atoms with van der Waals surface area (Å²) in [5.74, 6) is -0.850. The lowest BCUT2D eigenvalue weighted by atomic mass is 10.2. The van der Waals surface area contributed by atoms with Crippen molar-refractivity contribution in [3.63, 3.8) is 0 Å². The first-order valence-electron chi connectivity index (χ1n) is 4.73. The van der Waals surface area contributed by atoms with Crippen LogP contribution in [0.2, 0.25) is 0 Å². The second-order valence-electron chi connectivity index (χ2n) is 3.40. The Labute approximate surface area is 96.0 Å². The van der Waals surface area contributed by atoms with E-state index in [-0.39, 0.29) is 5.69 Å². The summed E-state index contributed by atoms with van der Waals surface area (Å²) in [7, 11) is 0. The van der Waals surface area contributed by atoms with E-state index in [1.165, 1.54) is 30.4 Å². The molecule has 1 N–H and O–H groups in total. The van der Waals surface area contributed by atoms with Gasteiger partial charge in [0.2, 0.25) is 0 Å². The monoisotopic (exact) mass is 240 g/mol. The van der Waals surface area contributed by atoms with Crippen LogP contribution in [-0.4, -0.2) is 4.98 Å². The minimum absolute atomic E-state index is 0.177. The van der Waals surface area contributed by atoms with Gasteiger partial charge in [-0.05, 0) is 18.6 Å². The molecule has 1 aromatic carbocycles. The molecule has 0 amide bonds. The second kappa shape index (κ2) is 4.57. The normalized spacial score (nSPS) is 10.4. The summed E-state index contributed by atoms with van der Waals surface area (Å²) in [5.41, 5.74) is 2.18. The first-order valence-corrected chi connectivity index (χ1v) is 5.61. The van der Waals surface area contributed by atoms with Crippen molar-refractivity contribution >= 4 is 17.0 Å². The van der Waals surface area contributed by atoms with Crippen molar-refractivity contribution in [2.45, 2.75) is 13.5 Å². The number of nitrogens with one attached hydrogen (secondary N) is 1. The summed E-state index contributed by atoms with van der Waals surface area (Å²) in [6.07, 6.45) is 1.69. The van der Waals surface area contributed by atoms with Gasteiger partial charge in [-0.2, -0.15) is 0 Å². The molecule has 0 bridgehead atoms. The van der Waals surface area contributed by atoms with E-state index in [1.54, 1.807) is 11.7 Å². The van der Waals surface area contributed by atoms with Crippen molar-refractivity contribution in [2.75, 3.05) is 5.32 Å². The molecule has 0 spiro atoms. The largest absolute Gasteiger partial charge is 0.378 e. The van der Waals surface area contributed by atoms with Crippen LogP contribution in [0, 0.1) is 18.6 Å². The van der Waals surface area contributed by atoms with Crippen LogP contribution in [-0.2, 0) is 6.54 Å². The third-order valence-electron chi connectivity index (χ3n) is 2.18. The molecule has 0 saturated carbocycles. The highest BCUT2D eigenvalue weighted by Crippen LogP contribution is 2.20. The Balaban J connectivity index is 2.12. The van der Waals surface area contributed by atoms with Crippen molar-refractivity contribution in [1.29, 1.82) is 0 Å². The fraction of sp³-hybridized carbons (Fsp3) is 0.182. The minimum atomic E-state index is -0.441. The maximum Gasteiger partial charge on any atom is 0.146 e. The zero-order valence-corrected chi connectivity index (χ0v) is 9.44. The number of aryl methyl sites for hydroxylation is 1. The highest BCUT2D eigenvalue weighted by atomic mass is 32.1. The van der Waals surface area contributed by atoms with Crippen molar-refractivity contribution in [3.05, 3.63) is 45.9 Å². The van der Waals surface area contributed by atoms with Crippen molar-refractivity contribution in [2.24, 2.45) is 0 Å². The third-order valence-corrected chi connectivity index (χ3v) is 2.96. The Morgan fingerprint density at radius 3 is 2.81 bits per heavy atom. The average Bonchev–Trinajstić information content (AvgIpc) is 2.74. The number of hydrogen-bond donors (Lipinski definition) is 1. The molecule has 0 saturated heterocycles. The van der Waals surface area contributed by atoms with E-state index in [0.717, 1.165) is 4.88 Å². The van der Waals surface area contributed by atoms with Crippen molar-refractivity contribution in [1.82, 2.24) is 4.98 Å². The van der Waals surface area contributed by atoms with Crippen LogP contribution < -0.4 is 5.32 Å². The van der Waals surface area contributed by atoms with Gasteiger partial charge in [-0.25, -0.2) is 8.78 Å². The molecule has 2 nitrogen and oxygen atoms in total. The molecule has 0 aliphatic carbocycles. The Morgan fingerprint density at radius 1 is 1.31 bits per heavy atom. The Hall–Kier alpha value is -1.49. The molecular formula is C11H10F2N2S. The molecule has 2 rings (SSSR count). The molecule has 0 aliphatic rings. The minimum Gasteiger partial charge on any atom is -0.378 e. The zero-order chi connectivity index (χ0) is 11.5. The fourth-order valence-corrected chi connectivity index (χ4v) is 1.83. The van der Waals surface area contributed by atoms with Gasteiger partial charge in [0.25, 0.3) is 0 Å². The number of hydrogen-bond acceptors (Lipinski definition) is 3.